The van der Waals surface area contributed by atoms with Crippen molar-refractivity contribution in [1.29, 1.82) is 5.26 Å². The summed E-state index contributed by atoms with van der Waals surface area (Å²) in [6.45, 7) is -0.0585. The first-order valence-corrected chi connectivity index (χ1v) is 5.05. The van der Waals surface area contributed by atoms with Crippen molar-refractivity contribution in [3.63, 3.8) is 0 Å². The second kappa shape index (κ2) is 5.59. The molecule has 0 unspecified atom stereocenters. The zero-order valence-corrected chi connectivity index (χ0v) is 9.92. The molecule has 1 amide bonds. The van der Waals surface area contributed by atoms with E-state index in [9.17, 15) is 4.79 Å². The lowest BCUT2D eigenvalue weighted by Gasteiger charge is -2.13. The average molecular weight is 259 g/mol. The third kappa shape index (κ3) is 3.02. The van der Waals surface area contributed by atoms with Gasteiger partial charge in [-0.05, 0) is 12.1 Å². The summed E-state index contributed by atoms with van der Waals surface area (Å²) in [6, 6.07) is 6.54. The molecule has 0 spiro atoms. The Morgan fingerprint density at radius 3 is 2.88 bits per heavy atom. The predicted molar refractivity (Wildman–Crippen MR) is 60.7 cm³/mol. The molecule has 1 aromatic carbocycles. The minimum Gasteiger partial charge on any atom is -0.409 e. The van der Waals surface area contributed by atoms with Crippen LogP contribution in [0.1, 0.15) is 0 Å². The molecule has 0 aliphatic rings. The minimum absolute atomic E-state index is 0.0585. The van der Waals surface area contributed by atoms with Crippen LogP contribution in [0.5, 0.6) is 5.75 Å². The normalized spacial score (nSPS) is 9.38. The highest BCUT2D eigenvalue weighted by molar-refractivity contribution is 6.43. The van der Waals surface area contributed by atoms with Gasteiger partial charge in [-0.1, -0.05) is 29.3 Å². The summed E-state index contributed by atoms with van der Waals surface area (Å²) in [5, 5.41) is 8.87. The fraction of sp³-hybridized carbons (Fsp3) is 0.200. The zero-order chi connectivity index (χ0) is 12.1. The molecule has 1 aromatic rings. The van der Waals surface area contributed by atoms with Crippen molar-refractivity contribution in [2.24, 2.45) is 0 Å². The lowest BCUT2D eigenvalue weighted by atomic mass is 10.3. The Hall–Kier alpha value is -1.44. The largest absolute Gasteiger partial charge is 0.415 e. The van der Waals surface area contributed by atoms with Crippen LogP contribution in [0.4, 0.5) is 4.79 Å². The fourth-order valence-electron chi connectivity index (χ4n) is 0.905. The highest BCUT2D eigenvalue weighted by Crippen LogP contribution is 2.31. The van der Waals surface area contributed by atoms with Crippen LogP contribution in [-0.4, -0.2) is 24.6 Å². The first-order chi connectivity index (χ1) is 7.56. The van der Waals surface area contributed by atoms with Gasteiger partial charge in [0.2, 0.25) is 0 Å². The Balaban J connectivity index is 2.78. The van der Waals surface area contributed by atoms with Crippen molar-refractivity contribution in [3.05, 3.63) is 28.2 Å². The van der Waals surface area contributed by atoms with Crippen molar-refractivity contribution in [1.82, 2.24) is 4.90 Å². The molecule has 84 valence electrons. The molecule has 16 heavy (non-hydrogen) atoms. The van der Waals surface area contributed by atoms with Crippen molar-refractivity contribution in [2.45, 2.75) is 0 Å². The van der Waals surface area contributed by atoms with Gasteiger partial charge in [0.05, 0.1) is 11.1 Å². The van der Waals surface area contributed by atoms with Crippen LogP contribution in [0, 0.1) is 11.3 Å². The third-order valence-corrected chi connectivity index (χ3v) is 2.53. The number of nitrogens with zero attached hydrogens (tertiary/aromatic N) is 2. The van der Waals surface area contributed by atoms with E-state index in [1.165, 1.54) is 13.1 Å². The van der Waals surface area contributed by atoms with E-state index in [-0.39, 0.29) is 17.3 Å². The molecule has 0 bridgehead atoms. The van der Waals surface area contributed by atoms with E-state index in [0.29, 0.717) is 5.02 Å². The van der Waals surface area contributed by atoms with E-state index >= 15 is 0 Å². The van der Waals surface area contributed by atoms with Gasteiger partial charge in [0.15, 0.2) is 5.75 Å². The van der Waals surface area contributed by atoms with Crippen LogP contribution in [0.3, 0.4) is 0 Å². The summed E-state index contributed by atoms with van der Waals surface area (Å²) in [7, 11) is 1.45. The molecule has 0 fully saturated rings. The van der Waals surface area contributed by atoms with Crippen LogP contribution < -0.4 is 4.74 Å². The smallest absolute Gasteiger partial charge is 0.409 e. The van der Waals surface area contributed by atoms with Crippen LogP contribution in [0.25, 0.3) is 0 Å². The number of hydrogen-bond acceptors (Lipinski definition) is 3. The molecule has 0 aromatic heterocycles. The number of nitriles is 1. The molecule has 4 nitrogen and oxygen atoms in total. The summed E-state index contributed by atoms with van der Waals surface area (Å²) < 4.78 is 4.96. The van der Waals surface area contributed by atoms with Gasteiger partial charge in [0.1, 0.15) is 11.6 Å². The van der Waals surface area contributed by atoms with E-state index in [2.05, 4.69) is 0 Å². The summed E-state index contributed by atoms with van der Waals surface area (Å²) in [5.74, 6) is 0.170. The van der Waals surface area contributed by atoms with Gasteiger partial charge >= 0.3 is 6.09 Å². The number of rotatable bonds is 2. The third-order valence-electron chi connectivity index (χ3n) is 1.73. The molecule has 0 saturated carbocycles. The number of ether oxygens (including phenoxy) is 1. The second-order valence-corrected chi connectivity index (χ2v) is 3.72. The maximum absolute atomic E-state index is 11.4. The Bertz CT molecular complexity index is 443. The standard InChI is InChI=1S/C10H8Cl2N2O2/c1-14(6-5-13)10(15)16-8-4-2-3-7(11)9(8)12/h2-4H,6H2,1H3. The molecule has 0 N–H and O–H groups in total. The molecular weight excluding hydrogens is 251 g/mol. The maximum Gasteiger partial charge on any atom is 0.415 e. The molecule has 6 heteroatoms. The lowest BCUT2D eigenvalue weighted by molar-refractivity contribution is 0.168. The topological polar surface area (TPSA) is 53.3 Å². The van der Waals surface area contributed by atoms with Gasteiger partial charge in [0, 0.05) is 7.05 Å². The summed E-state index contributed by atoms with van der Waals surface area (Å²) in [6.07, 6.45) is -0.661. The number of benzene rings is 1. The summed E-state index contributed by atoms with van der Waals surface area (Å²) >= 11 is 11.6. The van der Waals surface area contributed by atoms with Crippen LogP contribution >= 0.6 is 23.2 Å². The van der Waals surface area contributed by atoms with E-state index in [1.54, 1.807) is 12.1 Å². The first-order valence-electron chi connectivity index (χ1n) is 4.30. The van der Waals surface area contributed by atoms with Gasteiger partial charge in [-0.25, -0.2) is 4.79 Å². The highest BCUT2D eigenvalue weighted by Gasteiger charge is 2.13. The molecule has 0 aliphatic heterocycles. The van der Waals surface area contributed by atoms with Crippen molar-refractivity contribution >= 4 is 29.3 Å². The summed E-state index contributed by atoms with van der Waals surface area (Å²) in [5.41, 5.74) is 0. The molecule has 0 saturated heterocycles. The Morgan fingerprint density at radius 1 is 1.56 bits per heavy atom. The zero-order valence-electron chi connectivity index (χ0n) is 8.41. The quantitative estimate of drug-likeness (QED) is 0.767. The van der Waals surface area contributed by atoms with Gasteiger partial charge < -0.3 is 4.74 Å². The van der Waals surface area contributed by atoms with Crippen LogP contribution in [-0.2, 0) is 0 Å². The van der Waals surface area contributed by atoms with Gasteiger partial charge in [-0.15, -0.1) is 0 Å². The fourth-order valence-corrected chi connectivity index (χ4v) is 1.24. The molecule has 0 heterocycles. The van der Waals surface area contributed by atoms with E-state index in [1.807, 2.05) is 6.07 Å². The number of hydrogen-bond donors (Lipinski definition) is 0. The van der Waals surface area contributed by atoms with E-state index in [0.717, 1.165) is 4.90 Å². The highest BCUT2D eigenvalue weighted by atomic mass is 35.5. The maximum atomic E-state index is 11.4. The second-order valence-electron chi connectivity index (χ2n) is 2.93. The predicted octanol–water partition coefficient (Wildman–Crippen LogP) is 2.95. The van der Waals surface area contributed by atoms with Crippen molar-refractivity contribution in [2.75, 3.05) is 13.6 Å². The van der Waals surface area contributed by atoms with E-state index < -0.39 is 6.09 Å². The van der Waals surface area contributed by atoms with Crippen molar-refractivity contribution < 1.29 is 9.53 Å². The molecular formula is C10H8Cl2N2O2. The molecule has 0 radical (unpaired) electrons. The van der Waals surface area contributed by atoms with Gasteiger partial charge in [-0.3, -0.25) is 4.90 Å². The Labute approximate surface area is 103 Å². The van der Waals surface area contributed by atoms with Crippen molar-refractivity contribution in [3.8, 4) is 11.8 Å². The number of carbonyl (C=O) groups is 1. The van der Waals surface area contributed by atoms with Crippen LogP contribution in [0.2, 0.25) is 10.0 Å². The van der Waals surface area contributed by atoms with Gasteiger partial charge in [-0.2, -0.15) is 5.26 Å². The Kier molecular flexibility index (Phi) is 4.41. The molecule has 1 rings (SSSR count). The first kappa shape index (κ1) is 12.6. The van der Waals surface area contributed by atoms with Crippen LogP contribution in [0.15, 0.2) is 18.2 Å². The summed E-state index contributed by atoms with van der Waals surface area (Å²) in [4.78, 5) is 12.5. The average Bonchev–Trinajstić information content (AvgIpc) is 2.25. The monoisotopic (exact) mass is 258 g/mol. The Morgan fingerprint density at radius 2 is 2.25 bits per heavy atom. The van der Waals surface area contributed by atoms with E-state index in [4.69, 9.17) is 33.2 Å². The number of halogens is 2. The number of amides is 1. The molecule has 0 aliphatic carbocycles. The number of carbonyl (C=O) groups excluding carboxylic acids is 1. The van der Waals surface area contributed by atoms with Gasteiger partial charge in [0.25, 0.3) is 0 Å². The lowest BCUT2D eigenvalue weighted by Crippen LogP contribution is -2.29. The minimum atomic E-state index is -0.661. The molecule has 0 atom stereocenters. The SMILES string of the molecule is CN(CC#N)C(=O)Oc1cccc(Cl)c1Cl.